The highest BCUT2D eigenvalue weighted by Crippen LogP contribution is 2.21. The number of nitrogens with zero attached hydrogens (tertiary/aromatic N) is 2. The van der Waals surface area contributed by atoms with E-state index in [-0.39, 0.29) is 17.2 Å². The molecule has 0 saturated carbocycles. The van der Waals surface area contributed by atoms with Crippen LogP contribution < -0.4 is 0 Å². The zero-order valence-electron chi connectivity index (χ0n) is 16.2. The zero-order valence-corrected chi connectivity index (χ0v) is 17.0. The van der Waals surface area contributed by atoms with Crippen molar-refractivity contribution in [1.82, 2.24) is 9.21 Å². The van der Waals surface area contributed by atoms with Crippen LogP contribution in [0.25, 0.3) is 0 Å². The number of carbonyl (C=O) groups is 1. The topological polar surface area (TPSA) is 76.1 Å². The van der Waals surface area contributed by atoms with Crippen molar-refractivity contribution in [3.05, 3.63) is 29.8 Å². The first kappa shape index (κ1) is 21.8. The number of ether oxygens (including phenoxy) is 2. The predicted octanol–water partition coefficient (Wildman–Crippen LogP) is 1.53. The Bertz CT molecular complexity index is 677. The smallest absolute Gasteiger partial charge is 0.243 e. The van der Waals surface area contributed by atoms with E-state index in [4.69, 9.17) is 9.47 Å². The van der Waals surface area contributed by atoms with Gasteiger partial charge in [-0.05, 0) is 30.5 Å². The molecule has 8 heteroatoms. The van der Waals surface area contributed by atoms with Gasteiger partial charge in [0.2, 0.25) is 15.9 Å². The Morgan fingerprint density at radius 1 is 1.00 bits per heavy atom. The fraction of sp³-hybridized carbons (Fsp3) is 0.632. The Kier molecular flexibility index (Phi) is 8.69. The van der Waals surface area contributed by atoms with Crippen molar-refractivity contribution in [2.45, 2.75) is 30.6 Å². The molecular weight excluding hydrogens is 368 g/mol. The molecule has 27 heavy (non-hydrogen) atoms. The predicted molar refractivity (Wildman–Crippen MR) is 103 cm³/mol. The fourth-order valence-electron chi connectivity index (χ4n) is 3.08. The zero-order chi connectivity index (χ0) is 19.7. The van der Waals surface area contributed by atoms with Crippen LogP contribution in [-0.4, -0.2) is 77.1 Å². The van der Waals surface area contributed by atoms with E-state index in [1.807, 2.05) is 0 Å². The molecule has 2 rings (SSSR count). The molecule has 1 aliphatic heterocycles. The second-order valence-corrected chi connectivity index (χ2v) is 8.59. The van der Waals surface area contributed by atoms with Crippen molar-refractivity contribution in [2.24, 2.45) is 0 Å². The molecule has 0 spiro atoms. The van der Waals surface area contributed by atoms with E-state index in [0.717, 1.165) is 24.8 Å². The summed E-state index contributed by atoms with van der Waals surface area (Å²) in [7, 11) is -0.247. The SMILES string of the molecule is COCCN(CCOC)C(=O)Cc1ccc(S(=O)(=O)N2CCCCC2)cc1. The van der Waals surface area contributed by atoms with Crippen LogP contribution >= 0.6 is 0 Å². The number of methoxy groups -OCH3 is 2. The summed E-state index contributed by atoms with van der Waals surface area (Å²) in [5, 5.41) is 0. The number of hydrogen-bond donors (Lipinski definition) is 0. The average molecular weight is 399 g/mol. The van der Waals surface area contributed by atoms with Gasteiger partial charge in [0, 0.05) is 40.4 Å². The number of benzene rings is 1. The second kappa shape index (κ2) is 10.8. The first-order valence-corrected chi connectivity index (χ1v) is 10.8. The molecule has 1 heterocycles. The first-order valence-electron chi connectivity index (χ1n) is 9.33. The number of hydrogen-bond acceptors (Lipinski definition) is 5. The molecular formula is C19H30N2O5S. The standard InChI is InChI=1S/C19H30N2O5S/c1-25-14-12-20(13-15-26-2)19(22)16-17-6-8-18(9-7-17)27(23,24)21-10-4-3-5-11-21/h6-9H,3-5,10-16H2,1-2H3. The number of amides is 1. The van der Waals surface area contributed by atoms with E-state index in [9.17, 15) is 13.2 Å². The van der Waals surface area contributed by atoms with Crippen LogP contribution in [0.3, 0.4) is 0 Å². The Morgan fingerprint density at radius 2 is 1.56 bits per heavy atom. The van der Waals surface area contributed by atoms with Gasteiger partial charge in [0.25, 0.3) is 0 Å². The van der Waals surface area contributed by atoms with Crippen LogP contribution in [0, 0.1) is 0 Å². The maximum atomic E-state index is 12.7. The lowest BCUT2D eigenvalue weighted by Gasteiger charge is -2.26. The molecule has 1 aromatic carbocycles. The highest BCUT2D eigenvalue weighted by molar-refractivity contribution is 7.89. The van der Waals surface area contributed by atoms with Gasteiger partial charge in [-0.15, -0.1) is 0 Å². The number of rotatable bonds is 10. The molecule has 152 valence electrons. The number of sulfonamides is 1. The lowest BCUT2D eigenvalue weighted by molar-refractivity contribution is -0.131. The molecule has 0 atom stereocenters. The van der Waals surface area contributed by atoms with Gasteiger partial charge in [0.1, 0.15) is 0 Å². The van der Waals surface area contributed by atoms with Crippen molar-refractivity contribution >= 4 is 15.9 Å². The minimum absolute atomic E-state index is 0.0317. The van der Waals surface area contributed by atoms with E-state index >= 15 is 0 Å². The van der Waals surface area contributed by atoms with Gasteiger partial charge in [-0.3, -0.25) is 4.79 Å². The average Bonchev–Trinajstić information content (AvgIpc) is 2.69. The Morgan fingerprint density at radius 3 is 2.07 bits per heavy atom. The van der Waals surface area contributed by atoms with Crippen LogP contribution in [0.2, 0.25) is 0 Å². The molecule has 0 radical (unpaired) electrons. The maximum absolute atomic E-state index is 12.7. The van der Waals surface area contributed by atoms with Gasteiger partial charge in [-0.2, -0.15) is 4.31 Å². The van der Waals surface area contributed by atoms with Crippen molar-refractivity contribution in [1.29, 1.82) is 0 Å². The molecule has 0 aliphatic carbocycles. The summed E-state index contributed by atoms with van der Waals surface area (Å²) in [6, 6.07) is 6.64. The van der Waals surface area contributed by atoms with Gasteiger partial charge < -0.3 is 14.4 Å². The van der Waals surface area contributed by atoms with E-state index in [0.29, 0.717) is 39.4 Å². The minimum Gasteiger partial charge on any atom is -0.383 e. The summed E-state index contributed by atoms with van der Waals surface area (Å²) in [4.78, 5) is 14.5. The summed E-state index contributed by atoms with van der Waals surface area (Å²) >= 11 is 0. The van der Waals surface area contributed by atoms with Gasteiger partial charge in [-0.1, -0.05) is 18.6 Å². The quantitative estimate of drug-likeness (QED) is 0.597. The molecule has 1 aliphatic rings. The molecule has 1 fully saturated rings. The third-order valence-electron chi connectivity index (χ3n) is 4.71. The highest BCUT2D eigenvalue weighted by atomic mass is 32.2. The van der Waals surface area contributed by atoms with Crippen molar-refractivity contribution in [3.63, 3.8) is 0 Å². The van der Waals surface area contributed by atoms with Crippen molar-refractivity contribution in [2.75, 3.05) is 53.6 Å². The van der Waals surface area contributed by atoms with Crippen LogP contribution in [0.15, 0.2) is 29.2 Å². The third-order valence-corrected chi connectivity index (χ3v) is 6.63. The summed E-state index contributed by atoms with van der Waals surface area (Å²) in [5.41, 5.74) is 0.789. The Balaban J connectivity index is 2.02. The lowest BCUT2D eigenvalue weighted by Crippen LogP contribution is -2.37. The molecule has 1 amide bonds. The molecule has 0 aromatic heterocycles. The number of carbonyl (C=O) groups excluding carboxylic acids is 1. The monoisotopic (exact) mass is 398 g/mol. The summed E-state index contributed by atoms with van der Waals surface area (Å²) in [6.07, 6.45) is 3.11. The molecule has 0 bridgehead atoms. The van der Waals surface area contributed by atoms with Crippen LogP contribution in [0.5, 0.6) is 0 Å². The normalized spacial score (nSPS) is 15.6. The molecule has 0 N–H and O–H groups in total. The highest BCUT2D eigenvalue weighted by Gasteiger charge is 2.25. The first-order chi connectivity index (χ1) is 13.0. The van der Waals surface area contributed by atoms with Gasteiger partial charge in [-0.25, -0.2) is 8.42 Å². The fourth-order valence-corrected chi connectivity index (χ4v) is 4.60. The maximum Gasteiger partial charge on any atom is 0.243 e. The van der Waals surface area contributed by atoms with Crippen LogP contribution in [-0.2, 0) is 30.7 Å². The molecule has 0 unspecified atom stereocenters. The summed E-state index contributed by atoms with van der Waals surface area (Å²) in [5.74, 6) is -0.0317. The molecule has 1 saturated heterocycles. The van der Waals surface area contributed by atoms with Gasteiger partial charge in [0.05, 0.1) is 24.5 Å². The lowest BCUT2D eigenvalue weighted by atomic mass is 10.1. The van der Waals surface area contributed by atoms with Crippen LogP contribution in [0.4, 0.5) is 0 Å². The van der Waals surface area contributed by atoms with Gasteiger partial charge >= 0.3 is 0 Å². The van der Waals surface area contributed by atoms with Crippen molar-refractivity contribution in [3.8, 4) is 0 Å². The second-order valence-electron chi connectivity index (χ2n) is 6.65. The van der Waals surface area contributed by atoms with Crippen LogP contribution in [0.1, 0.15) is 24.8 Å². The Labute approximate surface area is 162 Å². The van der Waals surface area contributed by atoms with E-state index in [2.05, 4.69) is 0 Å². The molecule has 7 nitrogen and oxygen atoms in total. The minimum atomic E-state index is -3.44. The Hall–Kier alpha value is -1.48. The molecule has 1 aromatic rings. The largest absolute Gasteiger partial charge is 0.383 e. The van der Waals surface area contributed by atoms with Crippen molar-refractivity contribution < 1.29 is 22.7 Å². The van der Waals surface area contributed by atoms with E-state index in [1.54, 1.807) is 47.7 Å². The van der Waals surface area contributed by atoms with E-state index in [1.165, 1.54) is 0 Å². The number of piperidine rings is 1. The summed E-state index contributed by atoms with van der Waals surface area (Å²) in [6.45, 7) is 3.08. The van der Waals surface area contributed by atoms with Gasteiger partial charge in [0.15, 0.2) is 0 Å². The van der Waals surface area contributed by atoms with E-state index < -0.39 is 10.0 Å². The third kappa shape index (κ3) is 6.27. The summed E-state index contributed by atoms with van der Waals surface area (Å²) < 4.78 is 37.0.